The van der Waals surface area contributed by atoms with Crippen LogP contribution in [-0.2, 0) is 4.74 Å². The van der Waals surface area contributed by atoms with Gasteiger partial charge in [-0.25, -0.2) is 0 Å². The van der Waals surface area contributed by atoms with E-state index in [-0.39, 0.29) is 24.0 Å². The number of pyridine rings is 1. The highest BCUT2D eigenvalue weighted by Crippen LogP contribution is 2.51. The Morgan fingerprint density at radius 1 is 1.55 bits per heavy atom. The van der Waals surface area contributed by atoms with Crippen LogP contribution >= 0.6 is 0 Å². The van der Waals surface area contributed by atoms with Crippen molar-refractivity contribution in [2.24, 2.45) is 5.41 Å². The van der Waals surface area contributed by atoms with Gasteiger partial charge >= 0.3 is 0 Å². The van der Waals surface area contributed by atoms with Crippen molar-refractivity contribution in [2.45, 2.75) is 38.8 Å². The molecule has 1 amide bonds. The Morgan fingerprint density at radius 3 is 2.80 bits per heavy atom. The molecule has 1 heterocycles. The maximum absolute atomic E-state index is 12.2. The summed E-state index contributed by atoms with van der Waals surface area (Å²) in [5, 5.41) is 12.7. The Kier molecular flexibility index (Phi) is 4.11. The summed E-state index contributed by atoms with van der Waals surface area (Å²) >= 11 is 0. The minimum absolute atomic E-state index is 0.0451. The van der Waals surface area contributed by atoms with Crippen LogP contribution in [0.5, 0.6) is 0 Å². The molecule has 0 unspecified atom stereocenters. The van der Waals surface area contributed by atoms with Crippen molar-refractivity contribution in [1.29, 1.82) is 0 Å². The van der Waals surface area contributed by atoms with Gasteiger partial charge < -0.3 is 15.2 Å². The quantitative estimate of drug-likeness (QED) is 0.853. The van der Waals surface area contributed by atoms with E-state index in [1.54, 1.807) is 24.4 Å². The molecule has 1 aromatic rings. The average molecular weight is 278 g/mol. The first-order valence-electron chi connectivity index (χ1n) is 6.93. The highest BCUT2D eigenvalue weighted by molar-refractivity contribution is 5.93. The van der Waals surface area contributed by atoms with Crippen LogP contribution in [-0.4, -0.2) is 40.9 Å². The number of rotatable bonds is 5. The first-order valence-corrected chi connectivity index (χ1v) is 6.93. The van der Waals surface area contributed by atoms with Gasteiger partial charge in [-0.3, -0.25) is 9.78 Å². The second kappa shape index (κ2) is 5.50. The molecule has 1 aliphatic rings. The number of hydrogen-bond donors (Lipinski definition) is 2. The third kappa shape index (κ3) is 2.31. The molecule has 0 spiro atoms. The van der Waals surface area contributed by atoms with Gasteiger partial charge in [0, 0.05) is 24.6 Å². The molecule has 110 valence electrons. The molecular formula is C15H22N2O3. The van der Waals surface area contributed by atoms with E-state index in [2.05, 4.69) is 10.3 Å². The van der Waals surface area contributed by atoms with Gasteiger partial charge in [-0.2, -0.15) is 0 Å². The van der Waals surface area contributed by atoms with Gasteiger partial charge in [-0.1, -0.05) is 19.9 Å². The number of amides is 1. The number of carbonyl (C=O) groups excluding carboxylic acids is 1. The number of hydrogen-bond acceptors (Lipinski definition) is 4. The topological polar surface area (TPSA) is 71.5 Å². The van der Waals surface area contributed by atoms with Crippen LogP contribution in [0.1, 0.15) is 37.7 Å². The number of aliphatic hydroxyl groups excluding tert-OH is 1. The van der Waals surface area contributed by atoms with Crippen molar-refractivity contribution in [3.05, 3.63) is 30.1 Å². The lowest BCUT2D eigenvalue weighted by Gasteiger charge is -2.60. The van der Waals surface area contributed by atoms with Crippen LogP contribution in [0.15, 0.2) is 24.4 Å². The van der Waals surface area contributed by atoms with Crippen molar-refractivity contribution in [3.63, 3.8) is 0 Å². The fourth-order valence-electron chi connectivity index (χ4n) is 2.78. The maximum Gasteiger partial charge on any atom is 0.270 e. The summed E-state index contributed by atoms with van der Waals surface area (Å²) in [5.74, 6) is -0.261. The fraction of sp³-hybridized carbons (Fsp3) is 0.600. The van der Waals surface area contributed by atoms with E-state index in [1.807, 2.05) is 20.8 Å². The first kappa shape index (κ1) is 14.9. The standard InChI is InChI=1S/C15H22N2O3/c1-4-20-12-9-15(10-18,14(12,2)3)17-13(19)11-7-5-6-8-16-11/h5-8,12,18H,4,9-10H2,1-3H3,(H,17,19)/t12-,15-/m1/s1. The molecule has 2 N–H and O–H groups in total. The summed E-state index contributed by atoms with van der Waals surface area (Å²) in [6, 6.07) is 5.19. The van der Waals surface area contributed by atoms with Crippen LogP contribution in [0.4, 0.5) is 0 Å². The lowest BCUT2D eigenvalue weighted by molar-refractivity contribution is -0.172. The van der Waals surface area contributed by atoms with Crippen molar-refractivity contribution in [1.82, 2.24) is 10.3 Å². The van der Waals surface area contributed by atoms with E-state index >= 15 is 0 Å². The molecule has 0 radical (unpaired) electrons. The maximum atomic E-state index is 12.2. The van der Waals surface area contributed by atoms with Gasteiger partial charge in [0.05, 0.1) is 18.2 Å². The van der Waals surface area contributed by atoms with Crippen molar-refractivity contribution < 1.29 is 14.6 Å². The highest BCUT2D eigenvalue weighted by atomic mass is 16.5. The lowest BCUT2D eigenvalue weighted by atomic mass is 9.54. The molecule has 2 rings (SSSR count). The molecule has 1 aromatic heterocycles. The third-order valence-electron chi connectivity index (χ3n) is 4.46. The van der Waals surface area contributed by atoms with Crippen LogP contribution in [0.2, 0.25) is 0 Å². The van der Waals surface area contributed by atoms with Gasteiger partial charge in [0.2, 0.25) is 0 Å². The van der Waals surface area contributed by atoms with Crippen LogP contribution in [0.25, 0.3) is 0 Å². The van der Waals surface area contributed by atoms with Crippen LogP contribution < -0.4 is 5.32 Å². The molecule has 20 heavy (non-hydrogen) atoms. The van der Waals surface area contributed by atoms with Crippen LogP contribution in [0, 0.1) is 5.41 Å². The molecule has 0 aromatic carbocycles. The van der Waals surface area contributed by atoms with E-state index in [4.69, 9.17) is 4.74 Å². The van der Waals surface area contributed by atoms with Crippen molar-refractivity contribution in [2.75, 3.05) is 13.2 Å². The molecule has 1 fully saturated rings. The zero-order valence-electron chi connectivity index (χ0n) is 12.2. The highest BCUT2D eigenvalue weighted by Gasteiger charge is 2.61. The predicted molar refractivity (Wildman–Crippen MR) is 75.3 cm³/mol. The van der Waals surface area contributed by atoms with Gasteiger partial charge in [0.15, 0.2) is 0 Å². The average Bonchev–Trinajstić information content (AvgIpc) is 2.46. The number of nitrogens with zero attached hydrogens (tertiary/aromatic N) is 1. The molecule has 5 heteroatoms. The van der Waals surface area contributed by atoms with Gasteiger partial charge in [-0.15, -0.1) is 0 Å². The Balaban J connectivity index is 2.12. The van der Waals surface area contributed by atoms with Gasteiger partial charge in [0.25, 0.3) is 5.91 Å². The summed E-state index contributed by atoms with van der Waals surface area (Å²) in [6.45, 7) is 6.48. The molecule has 0 bridgehead atoms. The molecular weight excluding hydrogens is 256 g/mol. The summed E-state index contributed by atoms with van der Waals surface area (Å²) in [4.78, 5) is 16.3. The first-order chi connectivity index (χ1) is 9.47. The number of aromatic nitrogens is 1. The number of ether oxygens (including phenoxy) is 1. The summed E-state index contributed by atoms with van der Waals surface area (Å²) < 4.78 is 5.66. The van der Waals surface area contributed by atoms with E-state index in [1.165, 1.54) is 0 Å². The molecule has 2 atom stereocenters. The Bertz CT molecular complexity index is 475. The van der Waals surface area contributed by atoms with E-state index in [0.29, 0.717) is 18.7 Å². The Morgan fingerprint density at radius 2 is 2.30 bits per heavy atom. The molecule has 5 nitrogen and oxygen atoms in total. The fourth-order valence-corrected chi connectivity index (χ4v) is 2.78. The molecule has 0 aliphatic heterocycles. The zero-order valence-corrected chi connectivity index (χ0v) is 12.2. The second-order valence-electron chi connectivity index (χ2n) is 5.78. The van der Waals surface area contributed by atoms with E-state index < -0.39 is 5.54 Å². The Hall–Kier alpha value is -1.46. The Labute approximate surface area is 119 Å². The monoisotopic (exact) mass is 278 g/mol. The largest absolute Gasteiger partial charge is 0.394 e. The normalized spacial score (nSPS) is 27.7. The van der Waals surface area contributed by atoms with Crippen LogP contribution in [0.3, 0.4) is 0 Å². The SMILES string of the molecule is CCO[C@@H]1C[C@](CO)(NC(=O)c2ccccn2)C1(C)C. The predicted octanol–water partition coefficient (Wildman–Crippen LogP) is 1.38. The summed E-state index contributed by atoms with van der Waals surface area (Å²) in [5.41, 5.74) is -0.611. The third-order valence-corrected chi connectivity index (χ3v) is 4.46. The summed E-state index contributed by atoms with van der Waals surface area (Å²) in [6.07, 6.45) is 2.24. The van der Waals surface area contributed by atoms with Gasteiger partial charge in [0.1, 0.15) is 5.69 Å². The lowest BCUT2D eigenvalue weighted by Crippen LogP contribution is -2.74. The van der Waals surface area contributed by atoms with Gasteiger partial charge in [-0.05, 0) is 19.1 Å². The second-order valence-corrected chi connectivity index (χ2v) is 5.78. The molecule has 1 saturated carbocycles. The minimum Gasteiger partial charge on any atom is -0.394 e. The van der Waals surface area contributed by atoms with Crippen molar-refractivity contribution >= 4 is 5.91 Å². The molecule has 0 saturated heterocycles. The molecule has 1 aliphatic carbocycles. The number of carbonyl (C=O) groups is 1. The smallest absolute Gasteiger partial charge is 0.270 e. The summed E-state index contributed by atoms with van der Waals surface area (Å²) in [7, 11) is 0. The zero-order chi connectivity index (χ0) is 14.8. The minimum atomic E-state index is -0.651. The number of aliphatic hydroxyl groups is 1. The van der Waals surface area contributed by atoms with E-state index in [0.717, 1.165) is 0 Å². The van der Waals surface area contributed by atoms with Crippen molar-refractivity contribution in [3.8, 4) is 0 Å². The number of nitrogens with one attached hydrogen (secondary N) is 1. The van der Waals surface area contributed by atoms with E-state index in [9.17, 15) is 9.90 Å².